The number of sulfonamides is 1. The van der Waals surface area contributed by atoms with Crippen LogP contribution >= 0.6 is 11.3 Å². The van der Waals surface area contributed by atoms with Gasteiger partial charge < -0.3 is 9.32 Å². The van der Waals surface area contributed by atoms with E-state index in [1.807, 2.05) is 12.1 Å². The van der Waals surface area contributed by atoms with E-state index in [1.165, 1.54) is 16.7 Å². The van der Waals surface area contributed by atoms with E-state index in [1.54, 1.807) is 59.5 Å². The number of carbonyl (C=O) groups excluding carboxylic acids is 1. The molecule has 1 fully saturated rings. The summed E-state index contributed by atoms with van der Waals surface area (Å²) in [4.78, 5) is 28.3. The summed E-state index contributed by atoms with van der Waals surface area (Å²) >= 11 is 1.05. The van der Waals surface area contributed by atoms with Crippen LogP contribution in [0.3, 0.4) is 0 Å². The molecule has 0 radical (unpaired) electrons. The number of rotatable bonds is 5. The third-order valence-electron chi connectivity index (χ3n) is 6.14. The first kappa shape index (κ1) is 25.4. The molecule has 9 nitrogen and oxygen atoms in total. The van der Waals surface area contributed by atoms with Gasteiger partial charge in [0.05, 0.1) is 15.1 Å². The van der Waals surface area contributed by atoms with Gasteiger partial charge in [0.15, 0.2) is 5.57 Å². The quantitative estimate of drug-likeness (QED) is 0.406. The molecule has 2 aromatic carbocycles. The lowest BCUT2D eigenvalue weighted by Crippen LogP contribution is -2.35. The maximum atomic E-state index is 13.6. The van der Waals surface area contributed by atoms with Gasteiger partial charge in [-0.05, 0) is 61.4 Å². The van der Waals surface area contributed by atoms with Crippen LogP contribution in [0.2, 0.25) is 0 Å². The lowest BCUT2D eigenvalue weighted by Gasteiger charge is -2.14. The molecule has 3 heterocycles. The van der Waals surface area contributed by atoms with Crippen molar-refractivity contribution in [1.29, 1.82) is 5.26 Å². The van der Waals surface area contributed by atoms with E-state index in [0.29, 0.717) is 35.9 Å². The molecule has 0 saturated carbocycles. The first-order valence-corrected chi connectivity index (χ1v) is 14.1. The number of likely N-dealkylation sites (tertiary alicyclic amines) is 1. The van der Waals surface area contributed by atoms with Crippen molar-refractivity contribution in [2.45, 2.75) is 17.7 Å². The Labute approximate surface area is 222 Å². The van der Waals surface area contributed by atoms with E-state index in [4.69, 9.17) is 9.56 Å². The Hall–Kier alpha value is -4.24. The van der Waals surface area contributed by atoms with Crippen molar-refractivity contribution >= 4 is 38.9 Å². The first-order valence-electron chi connectivity index (χ1n) is 11.7. The fourth-order valence-corrected chi connectivity index (χ4v) is 5.84. The Balaban J connectivity index is 1.63. The number of amides is 1. The molecule has 0 spiro atoms. The monoisotopic (exact) mass is 546 g/mol. The van der Waals surface area contributed by atoms with Crippen LogP contribution in [-0.2, 0) is 14.8 Å². The number of hydrogen-bond acceptors (Lipinski definition) is 7. The smallest absolute Gasteiger partial charge is 0.273 e. The molecule has 4 aromatic rings. The van der Waals surface area contributed by atoms with Crippen LogP contribution in [0.5, 0.6) is 0 Å². The van der Waals surface area contributed by atoms with Crippen LogP contribution in [0, 0.1) is 11.3 Å². The minimum Gasteiger partial charge on any atom is -0.457 e. The molecule has 1 saturated heterocycles. The minimum atomic E-state index is -3.81. The molecule has 0 aliphatic carbocycles. The molecule has 38 heavy (non-hydrogen) atoms. The van der Waals surface area contributed by atoms with Crippen molar-refractivity contribution < 1.29 is 17.6 Å². The lowest BCUT2D eigenvalue weighted by atomic mass is 10.2. The summed E-state index contributed by atoms with van der Waals surface area (Å²) in [6.45, 7) is 1.16. The molecular weight excluding hydrogens is 524 g/mol. The zero-order valence-corrected chi connectivity index (χ0v) is 21.7. The second-order valence-corrected chi connectivity index (χ2v) is 11.2. The molecule has 0 unspecified atom stereocenters. The van der Waals surface area contributed by atoms with Gasteiger partial charge in [-0.25, -0.2) is 13.6 Å². The van der Waals surface area contributed by atoms with Gasteiger partial charge in [0, 0.05) is 24.7 Å². The molecule has 192 valence electrons. The van der Waals surface area contributed by atoms with Gasteiger partial charge in [-0.3, -0.25) is 14.2 Å². The average Bonchev–Trinajstić information content (AvgIpc) is 3.67. The Bertz CT molecular complexity index is 1840. The number of aromatic nitrogens is 1. The second kappa shape index (κ2) is 10.3. The molecule has 11 heteroatoms. The highest BCUT2D eigenvalue weighted by atomic mass is 32.2. The highest BCUT2D eigenvalue weighted by Crippen LogP contribution is 2.24. The van der Waals surface area contributed by atoms with Crippen LogP contribution in [0.25, 0.3) is 28.7 Å². The molecule has 1 aliphatic heterocycles. The molecule has 1 aliphatic rings. The van der Waals surface area contributed by atoms with E-state index in [0.717, 1.165) is 24.2 Å². The van der Waals surface area contributed by atoms with Crippen molar-refractivity contribution in [3.63, 3.8) is 0 Å². The molecule has 1 amide bonds. The SMILES string of the molecule is N#C/C(C(=O)N1CCCC1)=c1\s/c(=C/c2ccc(-c3ccc(S(N)(=O)=O)cc3)o2)c(=O)n1-c1ccccc1. The zero-order chi connectivity index (χ0) is 26.9. The van der Waals surface area contributed by atoms with Crippen LogP contribution < -0.4 is 19.9 Å². The summed E-state index contributed by atoms with van der Waals surface area (Å²) in [6.07, 6.45) is 3.32. The number of nitriles is 1. The summed E-state index contributed by atoms with van der Waals surface area (Å²) < 4.78 is 30.9. The van der Waals surface area contributed by atoms with Gasteiger partial charge in [-0.1, -0.05) is 18.2 Å². The molecular formula is C27H22N4O5S2. The van der Waals surface area contributed by atoms with E-state index in [2.05, 4.69) is 0 Å². The minimum absolute atomic E-state index is 0.0137. The Morgan fingerprint density at radius 2 is 1.71 bits per heavy atom. The molecule has 0 atom stereocenters. The zero-order valence-electron chi connectivity index (χ0n) is 20.0. The molecule has 5 rings (SSSR count). The van der Waals surface area contributed by atoms with Gasteiger partial charge >= 0.3 is 0 Å². The number of hydrogen-bond donors (Lipinski definition) is 1. The van der Waals surface area contributed by atoms with Crippen LogP contribution in [0.1, 0.15) is 18.6 Å². The van der Waals surface area contributed by atoms with Gasteiger partial charge in [0.1, 0.15) is 22.3 Å². The normalized spacial score (nSPS) is 14.9. The fraction of sp³-hybridized carbons (Fsp3) is 0.148. The number of primary sulfonamides is 1. The summed E-state index contributed by atoms with van der Waals surface area (Å²) in [6, 6.07) is 20.2. The lowest BCUT2D eigenvalue weighted by molar-refractivity contribution is -0.123. The Morgan fingerprint density at radius 1 is 1.03 bits per heavy atom. The topological polar surface area (TPSA) is 139 Å². The number of furan rings is 1. The van der Waals surface area contributed by atoms with Crippen molar-refractivity contribution in [3.05, 3.63) is 92.0 Å². The van der Waals surface area contributed by atoms with E-state index in [9.17, 15) is 23.3 Å². The number of para-hydroxylation sites is 1. The predicted octanol–water partition coefficient (Wildman–Crippen LogP) is 1.93. The second-order valence-electron chi connectivity index (χ2n) is 8.65. The highest BCUT2D eigenvalue weighted by molar-refractivity contribution is 7.89. The van der Waals surface area contributed by atoms with E-state index >= 15 is 0 Å². The van der Waals surface area contributed by atoms with Crippen molar-refractivity contribution in [1.82, 2.24) is 9.47 Å². The molecule has 2 N–H and O–H groups in total. The third-order valence-corrected chi connectivity index (χ3v) is 8.16. The molecule has 0 bridgehead atoms. The van der Waals surface area contributed by atoms with E-state index in [-0.39, 0.29) is 31.1 Å². The van der Waals surface area contributed by atoms with Gasteiger partial charge in [0.2, 0.25) is 10.0 Å². The predicted molar refractivity (Wildman–Crippen MR) is 143 cm³/mol. The molecule has 2 aromatic heterocycles. The summed E-state index contributed by atoms with van der Waals surface area (Å²) in [5, 5.41) is 15.1. The maximum Gasteiger partial charge on any atom is 0.273 e. The standard InChI is InChI=1S/C27H22N4O5S2/c28-17-22(25(32)30-14-4-5-15-30)27-31(19-6-2-1-3-7-19)26(33)24(37-27)16-20-10-13-23(36-20)18-8-11-21(12-9-18)38(29,34)35/h1-3,6-13,16H,4-5,14-15H2,(H2,29,34,35)/b24-16+,27-22+. The number of benzene rings is 2. The average molecular weight is 547 g/mol. The van der Waals surface area contributed by atoms with Crippen LogP contribution in [-0.4, -0.2) is 36.9 Å². The van der Waals surface area contributed by atoms with Crippen molar-refractivity contribution in [3.8, 4) is 23.1 Å². The summed E-state index contributed by atoms with van der Waals surface area (Å²) in [7, 11) is -3.81. The number of carbonyl (C=O) groups is 1. The number of nitrogens with zero attached hydrogens (tertiary/aromatic N) is 3. The summed E-state index contributed by atoms with van der Waals surface area (Å²) in [5.74, 6) is 0.460. The van der Waals surface area contributed by atoms with Gasteiger partial charge in [-0.2, -0.15) is 5.26 Å². The Kier molecular flexibility index (Phi) is 6.86. The number of thiazole rings is 1. The Morgan fingerprint density at radius 3 is 2.34 bits per heavy atom. The van der Waals surface area contributed by atoms with E-state index < -0.39 is 10.0 Å². The van der Waals surface area contributed by atoms with Gasteiger partial charge in [0.25, 0.3) is 11.5 Å². The highest BCUT2D eigenvalue weighted by Gasteiger charge is 2.24. The van der Waals surface area contributed by atoms with Crippen molar-refractivity contribution in [2.75, 3.05) is 13.1 Å². The largest absolute Gasteiger partial charge is 0.457 e. The third kappa shape index (κ3) is 4.97. The van der Waals surface area contributed by atoms with Gasteiger partial charge in [-0.15, -0.1) is 11.3 Å². The van der Waals surface area contributed by atoms with Crippen molar-refractivity contribution in [2.24, 2.45) is 5.14 Å². The van der Waals surface area contributed by atoms with Crippen LogP contribution in [0.4, 0.5) is 0 Å². The first-order chi connectivity index (χ1) is 18.3. The number of nitrogens with two attached hydrogens (primary N) is 1. The van der Waals surface area contributed by atoms with Crippen LogP contribution in [0.15, 0.2) is 80.8 Å². The maximum absolute atomic E-state index is 13.6. The fourth-order valence-electron chi connectivity index (χ4n) is 4.25. The summed E-state index contributed by atoms with van der Waals surface area (Å²) in [5.41, 5.74) is 0.712.